The highest BCUT2D eigenvalue weighted by atomic mass is 16.5. The van der Waals surface area contributed by atoms with E-state index in [1.807, 2.05) is 20.9 Å². The van der Waals surface area contributed by atoms with Crippen molar-refractivity contribution in [3.05, 3.63) is 17.0 Å². The molecule has 16 heavy (non-hydrogen) atoms. The number of ether oxygens (including phenoxy) is 1. The highest BCUT2D eigenvalue weighted by molar-refractivity contribution is 6.32. The van der Waals surface area contributed by atoms with Crippen molar-refractivity contribution < 1.29 is 14.3 Å². The van der Waals surface area contributed by atoms with Gasteiger partial charge in [0.15, 0.2) is 0 Å². The molecule has 0 radical (unpaired) electrons. The van der Waals surface area contributed by atoms with Crippen LogP contribution in [0.1, 0.15) is 17.0 Å². The lowest BCUT2D eigenvalue weighted by molar-refractivity contribution is -0.152. The van der Waals surface area contributed by atoms with Crippen LogP contribution < -0.4 is 5.32 Å². The number of esters is 1. The predicted molar refractivity (Wildman–Crippen MR) is 56.5 cm³/mol. The number of rotatable bonds is 2. The first kappa shape index (κ1) is 12.2. The number of methoxy groups -OCH3 is 1. The molecule has 0 unspecified atom stereocenters. The van der Waals surface area contributed by atoms with Gasteiger partial charge in [0.05, 0.1) is 12.8 Å². The van der Waals surface area contributed by atoms with Gasteiger partial charge in [0, 0.05) is 24.8 Å². The molecule has 0 fully saturated rings. The van der Waals surface area contributed by atoms with Crippen LogP contribution in [-0.2, 0) is 27.9 Å². The van der Waals surface area contributed by atoms with Crippen LogP contribution in [0.15, 0.2) is 0 Å². The summed E-state index contributed by atoms with van der Waals surface area (Å²) in [6.45, 7) is 4.03. The van der Waals surface area contributed by atoms with E-state index in [1.54, 1.807) is 4.68 Å². The van der Waals surface area contributed by atoms with Crippen LogP contribution in [0.25, 0.3) is 0 Å². The highest BCUT2D eigenvalue weighted by Gasteiger charge is 2.15. The van der Waals surface area contributed by atoms with E-state index in [1.165, 1.54) is 7.11 Å². The minimum absolute atomic E-state index is 0.277. The largest absolute Gasteiger partial charge is 0.462 e. The maximum Gasteiger partial charge on any atom is 0.396 e. The Labute approximate surface area is 93.6 Å². The molecule has 6 nitrogen and oxygen atoms in total. The number of nitrogens with zero attached hydrogens (tertiary/aromatic N) is 2. The molecule has 0 saturated heterocycles. The van der Waals surface area contributed by atoms with Gasteiger partial charge in [-0.2, -0.15) is 5.10 Å². The smallest absolute Gasteiger partial charge is 0.396 e. The summed E-state index contributed by atoms with van der Waals surface area (Å²) in [5, 5.41) is 6.68. The molecule has 0 bridgehead atoms. The Bertz CT molecular complexity index is 423. The van der Waals surface area contributed by atoms with Crippen molar-refractivity contribution in [3.63, 3.8) is 0 Å². The zero-order chi connectivity index (χ0) is 12.3. The summed E-state index contributed by atoms with van der Waals surface area (Å²) in [4.78, 5) is 22.0. The van der Waals surface area contributed by atoms with E-state index in [0.29, 0.717) is 0 Å². The third kappa shape index (κ3) is 2.39. The summed E-state index contributed by atoms with van der Waals surface area (Å²) < 4.78 is 6.03. The average molecular weight is 225 g/mol. The van der Waals surface area contributed by atoms with E-state index >= 15 is 0 Å². The van der Waals surface area contributed by atoms with Gasteiger partial charge in [-0.15, -0.1) is 0 Å². The number of hydrogen-bond acceptors (Lipinski definition) is 4. The van der Waals surface area contributed by atoms with Crippen LogP contribution in [0.2, 0.25) is 0 Å². The first-order chi connectivity index (χ1) is 7.47. The van der Waals surface area contributed by atoms with E-state index in [0.717, 1.165) is 17.0 Å². The molecular weight excluding hydrogens is 210 g/mol. The lowest BCUT2D eigenvalue weighted by atomic mass is 10.2. The Kier molecular flexibility index (Phi) is 3.65. The Morgan fingerprint density at radius 3 is 2.50 bits per heavy atom. The van der Waals surface area contributed by atoms with Gasteiger partial charge in [-0.25, -0.2) is 4.79 Å². The fourth-order valence-corrected chi connectivity index (χ4v) is 1.41. The van der Waals surface area contributed by atoms with Crippen molar-refractivity contribution in [1.82, 2.24) is 15.1 Å². The van der Waals surface area contributed by atoms with Gasteiger partial charge in [0.2, 0.25) is 0 Å². The number of hydrogen-bond donors (Lipinski definition) is 1. The second-order valence-electron chi connectivity index (χ2n) is 3.45. The molecular formula is C10H15N3O3. The topological polar surface area (TPSA) is 73.2 Å². The molecule has 1 rings (SSSR count). The van der Waals surface area contributed by atoms with Crippen LogP contribution in [0.4, 0.5) is 0 Å². The summed E-state index contributed by atoms with van der Waals surface area (Å²) in [5.74, 6) is -1.63. The van der Waals surface area contributed by atoms with Gasteiger partial charge >= 0.3 is 11.9 Å². The quantitative estimate of drug-likeness (QED) is 0.560. The number of carbonyl (C=O) groups excluding carboxylic acids is 2. The molecule has 1 heterocycles. The van der Waals surface area contributed by atoms with Crippen LogP contribution in [0, 0.1) is 13.8 Å². The Morgan fingerprint density at radius 1 is 1.44 bits per heavy atom. The molecule has 1 amide bonds. The zero-order valence-corrected chi connectivity index (χ0v) is 9.83. The highest BCUT2D eigenvalue weighted by Crippen LogP contribution is 2.10. The molecule has 0 spiro atoms. The molecule has 0 atom stereocenters. The van der Waals surface area contributed by atoms with Crippen molar-refractivity contribution in [2.24, 2.45) is 7.05 Å². The second kappa shape index (κ2) is 4.78. The molecule has 0 aliphatic rings. The van der Waals surface area contributed by atoms with Gasteiger partial charge in [0.25, 0.3) is 0 Å². The molecule has 1 N–H and O–H groups in total. The van der Waals surface area contributed by atoms with E-state index in [2.05, 4.69) is 15.2 Å². The van der Waals surface area contributed by atoms with Crippen molar-refractivity contribution in [3.8, 4) is 0 Å². The summed E-state index contributed by atoms with van der Waals surface area (Å²) in [5.41, 5.74) is 2.72. The molecule has 0 aliphatic heterocycles. The fraction of sp³-hybridized carbons (Fsp3) is 0.500. The number of nitrogens with one attached hydrogen (secondary N) is 1. The van der Waals surface area contributed by atoms with Gasteiger partial charge < -0.3 is 10.1 Å². The summed E-state index contributed by atoms with van der Waals surface area (Å²) >= 11 is 0. The molecule has 0 aliphatic carbocycles. The van der Waals surface area contributed by atoms with Crippen molar-refractivity contribution in [1.29, 1.82) is 0 Å². The van der Waals surface area contributed by atoms with Gasteiger partial charge in [-0.05, 0) is 13.8 Å². The molecule has 0 saturated carbocycles. The van der Waals surface area contributed by atoms with Crippen LogP contribution in [-0.4, -0.2) is 28.8 Å². The minimum Gasteiger partial charge on any atom is -0.462 e. The summed E-state index contributed by atoms with van der Waals surface area (Å²) in [6.07, 6.45) is 0. The van der Waals surface area contributed by atoms with E-state index < -0.39 is 11.9 Å². The second-order valence-corrected chi connectivity index (χ2v) is 3.45. The predicted octanol–water partition coefficient (Wildman–Crippen LogP) is -0.174. The van der Waals surface area contributed by atoms with Crippen molar-refractivity contribution >= 4 is 11.9 Å². The van der Waals surface area contributed by atoms with E-state index in [-0.39, 0.29) is 6.54 Å². The third-order valence-corrected chi connectivity index (χ3v) is 2.46. The number of aryl methyl sites for hydroxylation is 2. The lowest BCUT2D eigenvalue weighted by Crippen LogP contribution is -2.31. The van der Waals surface area contributed by atoms with Gasteiger partial charge in [-0.3, -0.25) is 9.48 Å². The first-order valence-electron chi connectivity index (χ1n) is 4.82. The summed E-state index contributed by atoms with van der Waals surface area (Å²) in [6, 6.07) is 0. The number of amides is 1. The van der Waals surface area contributed by atoms with Gasteiger partial charge in [0.1, 0.15) is 0 Å². The summed E-state index contributed by atoms with van der Waals surface area (Å²) in [7, 11) is 3.00. The maximum atomic E-state index is 11.2. The molecule has 6 heteroatoms. The Morgan fingerprint density at radius 2 is 2.06 bits per heavy atom. The molecule has 1 aromatic rings. The first-order valence-corrected chi connectivity index (χ1v) is 4.82. The third-order valence-electron chi connectivity index (χ3n) is 2.46. The SMILES string of the molecule is COC(=O)C(=O)NCc1c(C)nn(C)c1C. The number of aromatic nitrogens is 2. The number of carbonyl (C=O) groups is 2. The van der Waals surface area contributed by atoms with Crippen LogP contribution in [0.3, 0.4) is 0 Å². The van der Waals surface area contributed by atoms with Gasteiger partial charge in [-0.1, -0.05) is 0 Å². The maximum absolute atomic E-state index is 11.2. The minimum atomic E-state index is -0.890. The van der Waals surface area contributed by atoms with Crippen LogP contribution in [0.5, 0.6) is 0 Å². The lowest BCUT2D eigenvalue weighted by Gasteiger charge is -2.04. The molecule has 88 valence electrons. The Balaban J connectivity index is 2.68. The van der Waals surface area contributed by atoms with E-state index in [9.17, 15) is 9.59 Å². The normalized spacial score (nSPS) is 10.0. The molecule has 0 aromatic carbocycles. The van der Waals surface area contributed by atoms with Crippen molar-refractivity contribution in [2.75, 3.05) is 7.11 Å². The Hall–Kier alpha value is -1.85. The standard InChI is InChI=1S/C10H15N3O3/c1-6-8(7(2)13(3)12-6)5-11-9(14)10(15)16-4/h5H2,1-4H3,(H,11,14). The monoisotopic (exact) mass is 225 g/mol. The van der Waals surface area contributed by atoms with Crippen molar-refractivity contribution in [2.45, 2.75) is 20.4 Å². The fourth-order valence-electron chi connectivity index (χ4n) is 1.41. The van der Waals surface area contributed by atoms with E-state index in [4.69, 9.17) is 0 Å². The van der Waals surface area contributed by atoms with Crippen LogP contribution >= 0.6 is 0 Å². The molecule has 1 aromatic heterocycles. The average Bonchev–Trinajstić information content (AvgIpc) is 2.49. The zero-order valence-electron chi connectivity index (χ0n) is 9.83.